The summed E-state index contributed by atoms with van der Waals surface area (Å²) in [5, 5.41) is 0. The molecule has 0 bridgehead atoms. The lowest BCUT2D eigenvalue weighted by atomic mass is 9.68. The van der Waals surface area contributed by atoms with E-state index < -0.39 is 11.6 Å². The van der Waals surface area contributed by atoms with Gasteiger partial charge >= 0.3 is 5.97 Å². The van der Waals surface area contributed by atoms with Crippen molar-refractivity contribution in [3.63, 3.8) is 0 Å². The first-order chi connectivity index (χ1) is 17.0. The number of halogens is 3. The van der Waals surface area contributed by atoms with Gasteiger partial charge in [-0.1, -0.05) is 82.9 Å². The predicted molar refractivity (Wildman–Crippen MR) is 137 cm³/mol. The molecule has 2 fully saturated rings. The van der Waals surface area contributed by atoms with Crippen LogP contribution in [0.25, 0.3) is 0 Å². The van der Waals surface area contributed by atoms with Gasteiger partial charge in [-0.05, 0) is 68.4 Å². The number of alkyl halides is 2. The van der Waals surface area contributed by atoms with Crippen molar-refractivity contribution in [3.05, 3.63) is 24.0 Å². The summed E-state index contributed by atoms with van der Waals surface area (Å²) in [7, 11) is 0. The van der Waals surface area contributed by atoms with Crippen molar-refractivity contribution in [1.82, 2.24) is 0 Å². The van der Waals surface area contributed by atoms with Crippen LogP contribution in [0, 0.1) is 29.5 Å². The van der Waals surface area contributed by atoms with E-state index in [1.807, 2.05) is 0 Å². The Kier molecular flexibility index (Phi) is 12.3. The van der Waals surface area contributed by atoms with Gasteiger partial charge in [0, 0.05) is 11.0 Å². The number of unbranched alkanes of at least 4 members (excludes halogenated alkanes) is 6. The van der Waals surface area contributed by atoms with Crippen LogP contribution in [0.1, 0.15) is 110 Å². The average Bonchev–Trinajstić information content (AvgIpc) is 2.85. The molecule has 2 nitrogen and oxygen atoms in total. The quantitative estimate of drug-likeness (QED) is 0.114. The monoisotopic (exact) mass is 512 g/mol. The van der Waals surface area contributed by atoms with Crippen molar-refractivity contribution >= 4 is 17.7 Å². The molecule has 198 valence electrons. The summed E-state index contributed by atoms with van der Waals surface area (Å²) in [6, 6.07) is 3.66. The maximum Gasteiger partial charge on any atom is 0.314 e. The van der Waals surface area contributed by atoms with Gasteiger partial charge in [0.05, 0.1) is 5.92 Å². The van der Waals surface area contributed by atoms with E-state index in [4.69, 9.17) is 4.74 Å². The highest BCUT2D eigenvalue weighted by Gasteiger charge is 2.33. The second kappa shape index (κ2) is 15.2. The van der Waals surface area contributed by atoms with Gasteiger partial charge in [0.25, 0.3) is 5.76 Å². The molecule has 1 aromatic carbocycles. The van der Waals surface area contributed by atoms with Crippen LogP contribution in [0.15, 0.2) is 23.1 Å². The van der Waals surface area contributed by atoms with Crippen LogP contribution in [0.5, 0.6) is 5.75 Å². The summed E-state index contributed by atoms with van der Waals surface area (Å²) in [4.78, 5) is 12.5. The van der Waals surface area contributed by atoms with Crippen LogP contribution in [-0.2, 0) is 4.79 Å². The van der Waals surface area contributed by atoms with E-state index >= 15 is 0 Å². The SMILES string of the molecule is CCCCCCCCCC1CCC(C2CCC(C(=O)Oc3ccc(SC(F)F)c(F)c3)CC2)CC1. The van der Waals surface area contributed by atoms with Crippen LogP contribution in [0.3, 0.4) is 0 Å². The number of rotatable bonds is 13. The highest BCUT2D eigenvalue weighted by Crippen LogP contribution is 2.42. The van der Waals surface area contributed by atoms with Gasteiger partial charge < -0.3 is 4.74 Å². The Balaban J connectivity index is 1.31. The molecule has 0 aromatic heterocycles. The largest absolute Gasteiger partial charge is 0.426 e. The van der Waals surface area contributed by atoms with Crippen molar-refractivity contribution < 1.29 is 22.7 Å². The number of esters is 1. The minimum atomic E-state index is -2.69. The Morgan fingerprint density at radius 1 is 0.914 bits per heavy atom. The van der Waals surface area contributed by atoms with Gasteiger partial charge in [-0.3, -0.25) is 4.79 Å². The summed E-state index contributed by atoms with van der Waals surface area (Å²) < 4.78 is 44.3. The molecular formula is C29H43F3O2S. The zero-order valence-electron chi connectivity index (χ0n) is 21.3. The molecule has 0 amide bonds. The summed E-state index contributed by atoms with van der Waals surface area (Å²) in [6.45, 7) is 2.27. The summed E-state index contributed by atoms with van der Waals surface area (Å²) in [5.74, 6) is -1.44. The molecule has 2 aliphatic carbocycles. The van der Waals surface area contributed by atoms with Crippen LogP contribution in [0.4, 0.5) is 13.2 Å². The first-order valence-electron chi connectivity index (χ1n) is 13.9. The highest BCUT2D eigenvalue weighted by atomic mass is 32.2. The maximum atomic E-state index is 14.0. The van der Waals surface area contributed by atoms with Crippen LogP contribution < -0.4 is 4.74 Å². The first-order valence-corrected chi connectivity index (χ1v) is 14.8. The zero-order chi connectivity index (χ0) is 25.0. The summed E-state index contributed by atoms with van der Waals surface area (Å²) in [6.07, 6.45) is 20.3. The molecule has 0 saturated heterocycles. The van der Waals surface area contributed by atoms with Crippen molar-refractivity contribution in [2.24, 2.45) is 23.7 Å². The molecule has 0 unspecified atom stereocenters. The number of carbonyl (C=O) groups excluding carboxylic acids is 1. The Morgan fingerprint density at radius 3 is 2.11 bits per heavy atom. The number of carbonyl (C=O) groups is 1. The topological polar surface area (TPSA) is 26.3 Å². The fraction of sp³-hybridized carbons (Fsp3) is 0.759. The molecule has 0 radical (unpaired) electrons. The number of hydrogen-bond acceptors (Lipinski definition) is 3. The number of ether oxygens (including phenoxy) is 1. The van der Waals surface area contributed by atoms with Gasteiger partial charge in [-0.15, -0.1) is 0 Å². The second-order valence-corrected chi connectivity index (χ2v) is 11.7. The molecule has 3 rings (SSSR count). The zero-order valence-corrected chi connectivity index (χ0v) is 22.1. The molecule has 1 aromatic rings. The standard InChI is InChI=1S/C29H43F3O2S/c1-2-3-4-5-6-7-8-9-21-10-12-22(13-11-21)23-14-16-24(17-15-23)28(33)34-25-18-19-27(26(30)20-25)35-29(31)32/h18-24,29H,2-17H2,1H3. The summed E-state index contributed by atoms with van der Waals surface area (Å²) in [5.41, 5.74) is 0. The van der Waals surface area contributed by atoms with Gasteiger partial charge in [-0.25, -0.2) is 4.39 Å². The van der Waals surface area contributed by atoms with Crippen LogP contribution >= 0.6 is 11.8 Å². The van der Waals surface area contributed by atoms with Crippen molar-refractivity contribution in [3.8, 4) is 5.75 Å². The lowest BCUT2D eigenvalue weighted by Crippen LogP contribution is -2.30. The normalized spacial score (nSPS) is 25.1. The smallest absolute Gasteiger partial charge is 0.314 e. The fourth-order valence-corrected chi connectivity index (χ4v) is 6.61. The number of hydrogen-bond donors (Lipinski definition) is 0. The molecule has 0 N–H and O–H groups in total. The van der Waals surface area contributed by atoms with Gasteiger partial charge in [0.15, 0.2) is 0 Å². The molecule has 2 aliphatic rings. The van der Waals surface area contributed by atoms with E-state index in [1.54, 1.807) is 0 Å². The lowest BCUT2D eigenvalue weighted by Gasteiger charge is -2.37. The van der Waals surface area contributed by atoms with E-state index in [9.17, 15) is 18.0 Å². The molecule has 0 spiro atoms. The van der Waals surface area contributed by atoms with Crippen LogP contribution in [0.2, 0.25) is 0 Å². The van der Waals surface area contributed by atoms with E-state index in [0.29, 0.717) is 5.92 Å². The van der Waals surface area contributed by atoms with Crippen LogP contribution in [-0.4, -0.2) is 11.7 Å². The molecular weight excluding hydrogens is 469 g/mol. The second-order valence-electron chi connectivity index (χ2n) is 10.7. The first kappa shape index (κ1) is 28.4. The van der Waals surface area contributed by atoms with Crippen molar-refractivity contribution in [2.75, 3.05) is 0 Å². The van der Waals surface area contributed by atoms with E-state index in [2.05, 4.69) is 6.92 Å². The number of thioether (sulfide) groups is 1. The van der Waals surface area contributed by atoms with Gasteiger partial charge in [0.1, 0.15) is 11.6 Å². The predicted octanol–water partition coefficient (Wildman–Crippen LogP) is 9.80. The van der Waals surface area contributed by atoms with Crippen molar-refractivity contribution in [1.29, 1.82) is 0 Å². The molecule has 0 atom stereocenters. The van der Waals surface area contributed by atoms with E-state index in [1.165, 1.54) is 89.2 Å². The van der Waals surface area contributed by atoms with E-state index in [-0.39, 0.29) is 34.3 Å². The third-order valence-corrected chi connectivity index (χ3v) is 8.98. The number of benzene rings is 1. The third-order valence-electron chi connectivity index (χ3n) is 8.22. The van der Waals surface area contributed by atoms with Gasteiger partial charge in [-0.2, -0.15) is 8.78 Å². The molecule has 0 heterocycles. The Hall–Kier alpha value is -1.17. The Bertz CT molecular complexity index is 756. The molecule has 35 heavy (non-hydrogen) atoms. The highest BCUT2D eigenvalue weighted by molar-refractivity contribution is 7.99. The summed E-state index contributed by atoms with van der Waals surface area (Å²) >= 11 is 0.153. The van der Waals surface area contributed by atoms with Crippen molar-refractivity contribution in [2.45, 2.75) is 120 Å². The maximum absolute atomic E-state index is 14.0. The van der Waals surface area contributed by atoms with Gasteiger partial charge in [0.2, 0.25) is 0 Å². The Morgan fingerprint density at radius 2 is 1.51 bits per heavy atom. The lowest BCUT2D eigenvalue weighted by molar-refractivity contribution is -0.140. The average molecular weight is 513 g/mol. The Labute approximate surface area is 214 Å². The van der Waals surface area contributed by atoms with E-state index in [0.717, 1.165) is 43.6 Å². The molecule has 0 aliphatic heterocycles. The molecule has 2 saturated carbocycles. The fourth-order valence-electron chi connectivity index (χ4n) is 6.10. The third kappa shape index (κ3) is 9.66. The molecule has 6 heteroatoms. The minimum absolute atomic E-state index is 0.0903. The minimum Gasteiger partial charge on any atom is -0.426 e.